The van der Waals surface area contributed by atoms with Crippen LogP contribution in [0.3, 0.4) is 0 Å². The van der Waals surface area contributed by atoms with Gasteiger partial charge in [-0.05, 0) is 6.42 Å². The van der Waals surface area contributed by atoms with Gasteiger partial charge in [0.25, 0.3) is 0 Å². The number of nitrogen functional groups attached to an aromatic ring is 1. The lowest BCUT2D eigenvalue weighted by atomic mass is 9.87. The second-order valence-corrected chi connectivity index (χ2v) is 15.9. The van der Waals surface area contributed by atoms with E-state index in [0.717, 1.165) is 17.2 Å². The van der Waals surface area contributed by atoms with Crippen LogP contribution in [0, 0.1) is 0 Å². The number of primary amides is 1. The van der Waals surface area contributed by atoms with Crippen molar-refractivity contribution in [2.24, 2.45) is 5.73 Å². The van der Waals surface area contributed by atoms with Crippen LogP contribution in [0.1, 0.15) is 25.5 Å². The molecule has 10 N–H and O–H groups in total. The van der Waals surface area contributed by atoms with Crippen LogP contribution in [0.4, 0.5) is 5.82 Å². The molecule has 6 heterocycles. The fourth-order valence-electron chi connectivity index (χ4n) is 6.02. The fourth-order valence-corrected chi connectivity index (χ4v) is 8.13. The van der Waals surface area contributed by atoms with Crippen LogP contribution in [0.5, 0.6) is 0 Å². The fraction of sp³-hybridized carbons (Fsp3) is 0.448. The average Bonchev–Trinajstić information content (AvgIpc) is 3.83. The van der Waals surface area contributed by atoms with E-state index in [-0.39, 0.29) is 35.1 Å². The molecule has 60 heavy (non-hydrogen) atoms. The zero-order valence-electron chi connectivity index (χ0n) is 30.0. The molecule has 0 saturated carbocycles. The van der Waals surface area contributed by atoms with E-state index in [4.69, 9.17) is 30.0 Å². The topological polar surface area (TPSA) is 423 Å². The molecule has 10 atom stereocenters. The Balaban J connectivity index is 1.25. The molecule has 2 fully saturated rings. The summed E-state index contributed by atoms with van der Waals surface area (Å²) in [7, 11) is -11.8. The minimum absolute atomic E-state index is 0.0663. The maximum Gasteiger partial charge on any atom is 0.481 e. The summed E-state index contributed by atoms with van der Waals surface area (Å²) in [4.78, 5) is 113. The number of aliphatic hydroxyl groups excluding tert-OH is 4. The zero-order chi connectivity index (χ0) is 43.7. The molecule has 6 rings (SSSR count). The van der Waals surface area contributed by atoms with E-state index < -0.39 is 126 Å². The van der Waals surface area contributed by atoms with Gasteiger partial charge in [0.2, 0.25) is 5.91 Å². The Kier molecular flexibility index (Phi) is 12.8. The number of nitrogens with two attached hydrogens (primary N) is 2. The molecule has 0 aromatic carbocycles. The Morgan fingerprint density at radius 2 is 1.60 bits per heavy atom. The molecule has 0 spiro atoms. The number of anilines is 1. The van der Waals surface area contributed by atoms with E-state index in [1.165, 1.54) is 23.4 Å². The first-order chi connectivity index (χ1) is 28.2. The number of aliphatic hydroxyl groups is 4. The smallest absolute Gasteiger partial charge is 0.387 e. The number of fused-ring (bicyclic) bond motifs is 1. The van der Waals surface area contributed by atoms with Crippen molar-refractivity contribution in [3.05, 3.63) is 48.4 Å². The van der Waals surface area contributed by atoms with Gasteiger partial charge >= 0.3 is 39.5 Å². The molecule has 31 heteroatoms. The third-order valence-corrected chi connectivity index (χ3v) is 11.5. The normalized spacial score (nSPS) is 32.0. The Bertz CT molecular complexity index is 2250. The lowest BCUT2D eigenvalue weighted by Gasteiger charge is -2.33. The van der Waals surface area contributed by atoms with Gasteiger partial charge in [0.15, 0.2) is 29.5 Å². The number of amides is 1. The predicted octanol–water partition coefficient (Wildman–Crippen LogP) is -3.59. The minimum atomic E-state index is -6.01. The van der Waals surface area contributed by atoms with Crippen molar-refractivity contribution >= 4 is 62.4 Å². The number of carbonyl (C=O) groups excluding carboxylic acids is 5. The SMILES string of the molecule is NC(=O)C1=CN([C@@H]2O[C@H](COP(=O)(O)OP(=O)(O)OC[C@@]3(/C4=C/C(=O)OOC(=O)CCC(=O)OOC4=O)O[C@@H](n4cnc5c(N)ncnc54)[C@H](O)[C@@H]3O)[C@@H](O)[C@H]2O)C=CC1. The largest absolute Gasteiger partial charge is 0.481 e. The maximum absolute atomic E-state index is 13.4. The molecule has 2 unspecified atom stereocenters. The summed E-state index contributed by atoms with van der Waals surface area (Å²) in [6.07, 6.45) is -8.39. The summed E-state index contributed by atoms with van der Waals surface area (Å²) in [5.74, 6) is -7.19. The van der Waals surface area contributed by atoms with Crippen molar-refractivity contribution in [3.8, 4) is 0 Å². The Morgan fingerprint density at radius 1 is 0.917 bits per heavy atom. The summed E-state index contributed by atoms with van der Waals surface area (Å²) >= 11 is 0. The number of ether oxygens (including phenoxy) is 2. The number of hydrogen-bond acceptors (Lipinski definition) is 25. The van der Waals surface area contributed by atoms with Crippen molar-refractivity contribution < 1.29 is 106 Å². The number of allylic oxidation sites excluding steroid dienone is 1. The molecule has 2 saturated heterocycles. The molecule has 4 aliphatic heterocycles. The van der Waals surface area contributed by atoms with Crippen molar-refractivity contribution in [2.45, 2.75) is 67.8 Å². The summed E-state index contributed by atoms with van der Waals surface area (Å²) in [6.45, 7) is -2.80. The van der Waals surface area contributed by atoms with Gasteiger partial charge in [-0.1, -0.05) is 6.08 Å². The number of nitrogens with zero attached hydrogens (tertiary/aromatic N) is 5. The number of imidazole rings is 1. The number of rotatable bonds is 12. The molecule has 29 nitrogen and oxygen atoms in total. The van der Waals surface area contributed by atoms with Crippen molar-refractivity contribution in [2.75, 3.05) is 18.9 Å². The number of hydrogen-bond donors (Lipinski definition) is 8. The van der Waals surface area contributed by atoms with Crippen molar-refractivity contribution in [3.63, 3.8) is 0 Å². The first kappa shape index (κ1) is 44.3. The lowest BCUT2D eigenvalue weighted by molar-refractivity contribution is -0.262. The molecule has 0 radical (unpaired) electrons. The van der Waals surface area contributed by atoms with E-state index in [9.17, 15) is 63.3 Å². The van der Waals surface area contributed by atoms with E-state index in [1.807, 2.05) is 0 Å². The van der Waals surface area contributed by atoms with Crippen LogP contribution in [0.15, 0.2) is 48.4 Å². The second kappa shape index (κ2) is 17.4. The number of phosphoric acid groups is 2. The Labute approximate surface area is 333 Å². The number of aromatic nitrogens is 4. The molecule has 326 valence electrons. The Hall–Kier alpha value is -5.26. The maximum atomic E-state index is 13.4. The third kappa shape index (κ3) is 9.37. The van der Waals surface area contributed by atoms with Crippen LogP contribution in [0.2, 0.25) is 0 Å². The molecule has 0 bridgehead atoms. The van der Waals surface area contributed by atoms with Crippen molar-refractivity contribution in [1.82, 2.24) is 24.4 Å². The molecule has 4 aliphatic rings. The molecular formula is C29H33N7O22P2. The van der Waals surface area contributed by atoms with Gasteiger partial charge in [0, 0.05) is 24.0 Å². The van der Waals surface area contributed by atoms with Gasteiger partial charge < -0.3 is 56.1 Å². The minimum Gasteiger partial charge on any atom is -0.387 e. The molecule has 0 aliphatic carbocycles. The van der Waals surface area contributed by atoms with Gasteiger partial charge in [-0.15, -0.1) is 0 Å². The van der Waals surface area contributed by atoms with Gasteiger partial charge in [0.1, 0.15) is 42.4 Å². The Morgan fingerprint density at radius 3 is 2.30 bits per heavy atom. The third-order valence-electron chi connectivity index (χ3n) is 8.90. The molecule has 1 amide bonds. The highest BCUT2D eigenvalue weighted by atomic mass is 31.3. The van der Waals surface area contributed by atoms with Crippen LogP contribution >= 0.6 is 15.6 Å². The molecular weight excluding hydrogens is 860 g/mol. The highest BCUT2D eigenvalue weighted by molar-refractivity contribution is 7.61. The lowest BCUT2D eigenvalue weighted by Crippen LogP contribution is -2.51. The van der Waals surface area contributed by atoms with Crippen LogP contribution < -0.4 is 11.5 Å². The summed E-state index contributed by atoms with van der Waals surface area (Å²) in [6, 6.07) is 0. The van der Waals surface area contributed by atoms with E-state index in [1.54, 1.807) is 0 Å². The summed E-state index contributed by atoms with van der Waals surface area (Å²) < 4.78 is 52.4. The van der Waals surface area contributed by atoms with Gasteiger partial charge in [-0.25, -0.2) is 62.8 Å². The number of carbonyl (C=O) groups is 5. The first-order valence-corrected chi connectivity index (χ1v) is 19.9. The van der Waals surface area contributed by atoms with Crippen LogP contribution in [-0.4, -0.2) is 140 Å². The van der Waals surface area contributed by atoms with E-state index >= 15 is 0 Å². The predicted molar refractivity (Wildman–Crippen MR) is 182 cm³/mol. The molecule has 2 aromatic rings. The second-order valence-electron chi connectivity index (χ2n) is 12.8. The molecule has 2 aromatic heterocycles. The summed E-state index contributed by atoms with van der Waals surface area (Å²) in [5.41, 5.74) is 6.55. The van der Waals surface area contributed by atoms with Crippen LogP contribution in [0.25, 0.3) is 11.2 Å². The first-order valence-electron chi connectivity index (χ1n) is 16.9. The highest BCUT2D eigenvalue weighted by Crippen LogP contribution is 2.61. The highest BCUT2D eigenvalue weighted by Gasteiger charge is 2.61. The zero-order valence-corrected chi connectivity index (χ0v) is 31.8. The monoisotopic (exact) mass is 893 g/mol. The van der Waals surface area contributed by atoms with E-state index in [2.05, 4.69) is 38.8 Å². The van der Waals surface area contributed by atoms with Gasteiger partial charge in [0.05, 0.1) is 38.0 Å². The van der Waals surface area contributed by atoms with Crippen LogP contribution in [-0.2, 0) is 75.5 Å². The van der Waals surface area contributed by atoms with Crippen molar-refractivity contribution in [1.29, 1.82) is 0 Å². The van der Waals surface area contributed by atoms with Gasteiger partial charge in [-0.3, -0.25) is 18.4 Å². The standard InChI is InChI=1S/C29H33N7O22P2/c30-23-18-25(33-10-32-23)36(11-34-18)27-21(42)22(43)29(53-27,13-6-17(39)56-54-15(37)3-4-16(38)55-57-28(13)45)9-51-60(48,49)58-59(46,47)50-8-14-19(40)20(41)26(52-14)35-5-1-2-12(7-35)24(31)44/h1,5-7,10-11,14,19-22,26-27,40-43H,2-4,8-9H2,(H2,31,44)(H,46,47)(H,48,49)(H2,30,32,33)/b13-6+/t14-,19-,20-,21-,22+,26-,27-,29+/m1/s1. The number of phosphoric ester groups is 2. The quantitative estimate of drug-likeness (QED) is 0.0754. The summed E-state index contributed by atoms with van der Waals surface area (Å²) in [5, 5.41) is 43.9. The van der Waals surface area contributed by atoms with Gasteiger partial charge in [-0.2, -0.15) is 4.31 Å². The average molecular weight is 894 g/mol. The van der Waals surface area contributed by atoms with E-state index in [0.29, 0.717) is 0 Å².